The average Bonchev–Trinajstić information content (AvgIpc) is 2.60. The first-order valence-electron chi connectivity index (χ1n) is 4.81. The van der Waals surface area contributed by atoms with E-state index in [-0.39, 0.29) is 4.87 Å². The number of rotatable bonds is 6. The summed E-state index contributed by atoms with van der Waals surface area (Å²) in [6, 6.07) is 0.293. The molecule has 1 aromatic heterocycles. The Labute approximate surface area is 102 Å². The van der Waals surface area contributed by atoms with E-state index < -0.39 is 0 Å². The number of unbranched alkanes of at least 4 members (excludes halogenated alkanes) is 2. The molecular formula is C9H15IN2OS. The normalized spacial score (nSPS) is 13.0. The third-order valence-corrected chi connectivity index (χ3v) is 3.58. The van der Waals surface area contributed by atoms with E-state index in [0.717, 1.165) is 12.1 Å². The van der Waals surface area contributed by atoms with Crippen LogP contribution < -0.4 is 8.40 Å². The average molecular weight is 326 g/mol. The zero-order valence-electron chi connectivity index (χ0n) is 8.18. The number of aromatic nitrogens is 1. The summed E-state index contributed by atoms with van der Waals surface area (Å²) in [5.41, 5.74) is 1.02. The van der Waals surface area contributed by atoms with Gasteiger partial charge in [-0.25, -0.2) is 0 Å². The Bertz CT molecular complexity index is 310. The van der Waals surface area contributed by atoms with Gasteiger partial charge < -0.3 is 4.98 Å². The van der Waals surface area contributed by atoms with Crippen molar-refractivity contribution < 1.29 is 0 Å². The molecule has 0 fully saturated rings. The first-order valence-corrected chi connectivity index (χ1v) is 6.77. The molecule has 0 saturated heterocycles. The van der Waals surface area contributed by atoms with Crippen molar-refractivity contribution >= 4 is 34.2 Å². The van der Waals surface area contributed by atoms with E-state index in [1.54, 1.807) is 0 Å². The fraction of sp³-hybridized carbons (Fsp3) is 0.667. The van der Waals surface area contributed by atoms with Crippen LogP contribution in [-0.2, 0) is 0 Å². The lowest BCUT2D eigenvalue weighted by atomic mass is 10.1. The van der Waals surface area contributed by atoms with Gasteiger partial charge in [0.1, 0.15) is 0 Å². The lowest BCUT2D eigenvalue weighted by molar-refractivity contribution is 0.557. The molecule has 14 heavy (non-hydrogen) atoms. The molecule has 1 atom stereocenters. The van der Waals surface area contributed by atoms with Crippen molar-refractivity contribution in [3.63, 3.8) is 0 Å². The van der Waals surface area contributed by atoms with Crippen molar-refractivity contribution in [1.82, 2.24) is 8.51 Å². The van der Waals surface area contributed by atoms with Gasteiger partial charge in [-0.3, -0.25) is 8.32 Å². The largest absolute Gasteiger partial charge is 0.315 e. The van der Waals surface area contributed by atoms with Crippen molar-refractivity contribution in [2.45, 2.75) is 38.6 Å². The number of hydrogen-bond donors (Lipinski definition) is 2. The van der Waals surface area contributed by atoms with Gasteiger partial charge in [-0.1, -0.05) is 37.5 Å². The first kappa shape index (κ1) is 12.2. The molecule has 3 nitrogen and oxygen atoms in total. The summed E-state index contributed by atoms with van der Waals surface area (Å²) < 4.78 is 3.20. The van der Waals surface area contributed by atoms with Crippen LogP contribution in [0.4, 0.5) is 0 Å². The minimum Gasteiger partial charge on any atom is -0.315 e. The Morgan fingerprint density at radius 2 is 2.43 bits per heavy atom. The second-order valence-corrected chi connectivity index (χ2v) is 4.73. The van der Waals surface area contributed by atoms with Gasteiger partial charge in [0.2, 0.25) is 0 Å². The van der Waals surface area contributed by atoms with Crippen LogP contribution in [0.15, 0.2) is 10.2 Å². The van der Waals surface area contributed by atoms with Crippen LogP contribution in [0.3, 0.4) is 0 Å². The number of H-pyrrole nitrogens is 1. The monoisotopic (exact) mass is 326 g/mol. The van der Waals surface area contributed by atoms with Gasteiger partial charge in [0, 0.05) is 33.9 Å². The van der Waals surface area contributed by atoms with Crippen LogP contribution >= 0.6 is 34.2 Å². The number of hydrogen-bond acceptors (Lipinski definition) is 3. The highest BCUT2D eigenvalue weighted by Gasteiger charge is 2.10. The van der Waals surface area contributed by atoms with Crippen molar-refractivity contribution in [3.8, 4) is 0 Å². The van der Waals surface area contributed by atoms with Crippen molar-refractivity contribution in [3.05, 3.63) is 20.7 Å². The van der Waals surface area contributed by atoms with E-state index in [4.69, 9.17) is 0 Å². The van der Waals surface area contributed by atoms with Crippen LogP contribution in [0, 0.1) is 0 Å². The van der Waals surface area contributed by atoms with E-state index in [1.807, 2.05) is 5.38 Å². The second kappa shape index (κ2) is 6.58. The number of nitrogens with one attached hydrogen (secondary N) is 2. The molecule has 0 amide bonds. The van der Waals surface area contributed by atoms with Gasteiger partial charge in [0.25, 0.3) is 0 Å². The number of aromatic amines is 1. The van der Waals surface area contributed by atoms with E-state index in [2.05, 4.69) is 38.3 Å². The molecule has 0 aliphatic carbocycles. The lowest BCUT2D eigenvalue weighted by Gasteiger charge is -2.12. The topological polar surface area (TPSA) is 44.9 Å². The van der Waals surface area contributed by atoms with Crippen LogP contribution in [0.2, 0.25) is 0 Å². The molecule has 2 N–H and O–H groups in total. The third-order valence-electron chi connectivity index (χ3n) is 2.14. The Morgan fingerprint density at radius 1 is 1.64 bits per heavy atom. The summed E-state index contributed by atoms with van der Waals surface area (Å²) in [5.74, 6) is 0. The zero-order valence-corrected chi connectivity index (χ0v) is 11.2. The maximum absolute atomic E-state index is 11.0. The summed E-state index contributed by atoms with van der Waals surface area (Å²) in [6.07, 6.45) is 4.77. The van der Waals surface area contributed by atoms with Gasteiger partial charge in [-0.05, 0) is 6.42 Å². The molecule has 0 radical (unpaired) electrons. The summed E-state index contributed by atoms with van der Waals surface area (Å²) in [5, 5.41) is 1.91. The molecule has 0 aliphatic heterocycles. The molecule has 1 unspecified atom stereocenters. The Hall–Kier alpha value is 0.120. The molecule has 80 valence electrons. The van der Waals surface area contributed by atoms with Gasteiger partial charge >= 0.3 is 4.87 Å². The predicted molar refractivity (Wildman–Crippen MR) is 69.0 cm³/mol. The van der Waals surface area contributed by atoms with E-state index in [9.17, 15) is 4.79 Å². The molecule has 0 aromatic carbocycles. The van der Waals surface area contributed by atoms with Crippen LogP contribution in [-0.4, -0.2) is 4.98 Å². The molecule has 0 bridgehead atoms. The quantitative estimate of drug-likeness (QED) is 0.480. The fourth-order valence-electron chi connectivity index (χ4n) is 1.33. The Balaban J connectivity index is 2.49. The molecule has 5 heteroatoms. The molecule has 1 aromatic rings. The highest BCUT2D eigenvalue weighted by Crippen LogP contribution is 2.19. The van der Waals surface area contributed by atoms with Crippen LogP contribution in [0.25, 0.3) is 0 Å². The van der Waals surface area contributed by atoms with Gasteiger partial charge in [-0.2, -0.15) is 0 Å². The van der Waals surface area contributed by atoms with Crippen LogP contribution in [0.5, 0.6) is 0 Å². The van der Waals surface area contributed by atoms with Crippen molar-refractivity contribution in [2.24, 2.45) is 0 Å². The van der Waals surface area contributed by atoms with Gasteiger partial charge in [0.05, 0.1) is 6.04 Å². The molecule has 1 rings (SSSR count). The molecule has 0 saturated carbocycles. The van der Waals surface area contributed by atoms with Crippen LogP contribution in [0.1, 0.15) is 44.3 Å². The SMILES string of the molecule is CCCCCC(NI)c1csc(=O)[nH]1. The summed E-state index contributed by atoms with van der Waals surface area (Å²) >= 11 is 3.38. The lowest BCUT2D eigenvalue weighted by Crippen LogP contribution is -2.12. The fourth-order valence-corrected chi connectivity index (χ4v) is 2.61. The minimum atomic E-state index is 0.0344. The summed E-state index contributed by atoms with van der Waals surface area (Å²) in [4.78, 5) is 13.9. The standard InChI is InChI=1S/C9H15IN2OS/c1-2-3-4-5-7(12-10)8-6-14-9(13)11-8/h6-7,12H,2-5H2,1H3,(H,11,13). The maximum Gasteiger partial charge on any atom is 0.304 e. The summed E-state index contributed by atoms with van der Waals surface area (Å²) in [7, 11) is 0. The maximum atomic E-state index is 11.0. The Morgan fingerprint density at radius 3 is 2.93 bits per heavy atom. The molecular weight excluding hydrogens is 311 g/mol. The van der Waals surface area contributed by atoms with E-state index in [1.165, 1.54) is 30.6 Å². The highest BCUT2D eigenvalue weighted by atomic mass is 127. The second-order valence-electron chi connectivity index (χ2n) is 3.26. The van der Waals surface area contributed by atoms with E-state index >= 15 is 0 Å². The van der Waals surface area contributed by atoms with Gasteiger partial charge in [-0.15, -0.1) is 0 Å². The van der Waals surface area contributed by atoms with Gasteiger partial charge in [0.15, 0.2) is 0 Å². The third kappa shape index (κ3) is 3.70. The van der Waals surface area contributed by atoms with Crippen molar-refractivity contribution in [2.75, 3.05) is 0 Å². The Kier molecular flexibility index (Phi) is 5.73. The first-order chi connectivity index (χ1) is 6.77. The molecule has 1 heterocycles. The molecule has 0 spiro atoms. The van der Waals surface area contributed by atoms with E-state index in [0.29, 0.717) is 6.04 Å². The number of thiazole rings is 1. The summed E-state index contributed by atoms with van der Waals surface area (Å²) in [6.45, 7) is 2.19. The minimum absolute atomic E-state index is 0.0344. The smallest absolute Gasteiger partial charge is 0.304 e. The van der Waals surface area contributed by atoms with Crippen molar-refractivity contribution in [1.29, 1.82) is 0 Å². The predicted octanol–water partition coefficient (Wildman–Crippen LogP) is 3.00. The number of halogens is 1. The zero-order chi connectivity index (χ0) is 10.4. The molecule has 0 aliphatic rings. The highest BCUT2D eigenvalue weighted by molar-refractivity contribution is 14.1.